The first kappa shape index (κ1) is 70.6. The lowest BCUT2D eigenvalue weighted by Crippen LogP contribution is -2.59. The molecular weight excluding hydrogens is 1100 g/mol. The van der Waals surface area contributed by atoms with Crippen molar-refractivity contribution in [2.45, 2.75) is 110 Å². The van der Waals surface area contributed by atoms with Crippen LogP contribution >= 0.6 is 0 Å². The number of aryl methyl sites for hydroxylation is 2. The van der Waals surface area contributed by atoms with Gasteiger partial charge in [0.15, 0.2) is 0 Å². The SMILES string of the molecule is Cc1cc(-c2ccc(NC(=O)CCC(=O)NCCOCCOCCOCCOCCOCCOCCOCCOCCC(=O)N[C@@H](CO)C(=O)N[C@H](C)C(=O)N3CCC[C@H]3C(=O)N[C@H](C(=O)N3CCC[C@H]3B(O)O)C(C)C)c(C)c2)ccc1N. The van der Waals surface area contributed by atoms with Gasteiger partial charge in [-0.25, -0.2) is 0 Å². The van der Waals surface area contributed by atoms with Crippen molar-refractivity contribution < 1.29 is 86.6 Å². The molecule has 26 nitrogen and oxygen atoms in total. The molecule has 0 saturated carbocycles. The fourth-order valence-electron chi connectivity index (χ4n) is 9.14. The molecule has 0 unspecified atom stereocenters. The first-order valence-electron chi connectivity index (χ1n) is 29.0. The second-order valence-corrected chi connectivity index (χ2v) is 20.8. The number of ether oxygens (including phenoxy) is 8. The summed E-state index contributed by atoms with van der Waals surface area (Å²) in [6, 6.07) is 7.37. The smallest absolute Gasteiger partial charge is 0.426 e. The van der Waals surface area contributed by atoms with Crippen LogP contribution in [-0.4, -0.2) is 235 Å². The Balaban J connectivity index is 0.880. The molecule has 0 spiro atoms. The van der Waals surface area contributed by atoms with Crippen LogP contribution in [0.5, 0.6) is 0 Å². The van der Waals surface area contributed by atoms with E-state index in [0.717, 1.165) is 27.9 Å². The predicted octanol–water partition coefficient (Wildman–Crippen LogP) is 0.0270. The summed E-state index contributed by atoms with van der Waals surface area (Å²) in [6.07, 6.45) is 1.88. The molecule has 5 atom stereocenters. The Bertz CT molecular complexity index is 2350. The van der Waals surface area contributed by atoms with E-state index in [1.807, 2.05) is 50.2 Å². The summed E-state index contributed by atoms with van der Waals surface area (Å²) < 4.78 is 44.0. The van der Waals surface area contributed by atoms with E-state index in [2.05, 4.69) is 26.6 Å². The molecule has 2 fully saturated rings. The highest BCUT2D eigenvalue weighted by Crippen LogP contribution is 2.28. The minimum atomic E-state index is -1.71. The van der Waals surface area contributed by atoms with Crippen molar-refractivity contribution in [3.63, 3.8) is 0 Å². The lowest BCUT2D eigenvalue weighted by atomic mass is 9.77. The van der Waals surface area contributed by atoms with Crippen molar-refractivity contribution in [1.82, 2.24) is 31.1 Å². The van der Waals surface area contributed by atoms with Gasteiger partial charge in [0, 0.05) is 50.3 Å². The van der Waals surface area contributed by atoms with Crippen LogP contribution in [0.3, 0.4) is 0 Å². The Morgan fingerprint density at radius 2 is 1.10 bits per heavy atom. The third-order valence-corrected chi connectivity index (χ3v) is 13.9. The Morgan fingerprint density at radius 1 is 0.595 bits per heavy atom. The average Bonchev–Trinajstić information content (AvgIpc) is 4.19. The summed E-state index contributed by atoms with van der Waals surface area (Å²) in [7, 11) is -1.71. The first-order valence-corrected chi connectivity index (χ1v) is 29.0. The van der Waals surface area contributed by atoms with E-state index in [9.17, 15) is 48.7 Å². The Labute approximate surface area is 493 Å². The number of nitrogens with one attached hydrogen (secondary N) is 5. The van der Waals surface area contributed by atoms with Crippen LogP contribution in [0.25, 0.3) is 11.1 Å². The molecule has 10 N–H and O–H groups in total. The van der Waals surface area contributed by atoms with Gasteiger partial charge in [0.2, 0.25) is 41.4 Å². The van der Waals surface area contributed by atoms with Crippen molar-refractivity contribution in [3.05, 3.63) is 47.5 Å². The number of rotatable bonds is 42. The van der Waals surface area contributed by atoms with Crippen LogP contribution in [0.2, 0.25) is 0 Å². The van der Waals surface area contributed by atoms with Crippen molar-refractivity contribution in [1.29, 1.82) is 0 Å². The summed E-state index contributed by atoms with van der Waals surface area (Å²) in [6.45, 7) is 14.3. The van der Waals surface area contributed by atoms with E-state index >= 15 is 0 Å². The first-order chi connectivity index (χ1) is 40.4. The molecule has 2 aliphatic rings. The highest BCUT2D eigenvalue weighted by Gasteiger charge is 2.43. The number of amides is 7. The molecule has 84 heavy (non-hydrogen) atoms. The second kappa shape index (κ2) is 39.7. The van der Waals surface area contributed by atoms with Gasteiger partial charge in [0.1, 0.15) is 24.2 Å². The van der Waals surface area contributed by atoms with Gasteiger partial charge in [-0.2, -0.15) is 0 Å². The Morgan fingerprint density at radius 3 is 1.62 bits per heavy atom. The third kappa shape index (κ3) is 25.8. The number of likely N-dealkylation sites (tertiary alicyclic amines) is 2. The third-order valence-electron chi connectivity index (χ3n) is 13.9. The van der Waals surface area contributed by atoms with Crippen LogP contribution in [0, 0.1) is 19.8 Å². The van der Waals surface area contributed by atoms with Gasteiger partial charge in [-0.15, -0.1) is 0 Å². The normalized spacial score (nSPS) is 16.1. The lowest BCUT2D eigenvalue weighted by molar-refractivity contribution is -0.143. The summed E-state index contributed by atoms with van der Waals surface area (Å²) in [5, 5.41) is 42.8. The molecule has 0 aliphatic carbocycles. The van der Waals surface area contributed by atoms with Gasteiger partial charge in [-0.3, -0.25) is 33.6 Å². The number of carbonyl (C=O) groups excluding carboxylic acids is 7. The molecule has 4 rings (SSSR count). The quantitative estimate of drug-likeness (QED) is 0.0240. The summed E-state index contributed by atoms with van der Waals surface area (Å²) >= 11 is 0. The van der Waals surface area contributed by atoms with E-state index < -0.39 is 73.4 Å². The monoisotopic (exact) mass is 1190 g/mol. The largest absolute Gasteiger partial charge is 0.475 e. The van der Waals surface area contributed by atoms with Gasteiger partial charge in [-0.05, 0) is 98.9 Å². The van der Waals surface area contributed by atoms with Gasteiger partial charge in [0.05, 0.1) is 118 Å². The maximum Gasteiger partial charge on any atom is 0.475 e. The van der Waals surface area contributed by atoms with Crippen LogP contribution in [0.4, 0.5) is 11.4 Å². The zero-order valence-electron chi connectivity index (χ0n) is 49.5. The molecule has 2 heterocycles. The molecule has 0 aromatic heterocycles. The van der Waals surface area contributed by atoms with Crippen LogP contribution in [0.1, 0.15) is 76.8 Å². The number of nitrogens with zero attached hydrogens (tertiary/aromatic N) is 2. The number of aliphatic hydroxyl groups excluding tert-OH is 1. The number of hydrogen-bond acceptors (Lipinski definition) is 19. The molecule has 2 aromatic rings. The van der Waals surface area contributed by atoms with Crippen LogP contribution < -0.4 is 32.3 Å². The number of aliphatic hydroxyl groups is 1. The molecule has 0 bridgehead atoms. The maximum atomic E-state index is 13.5. The van der Waals surface area contributed by atoms with Gasteiger partial charge in [0.25, 0.3) is 0 Å². The van der Waals surface area contributed by atoms with E-state index in [0.29, 0.717) is 130 Å². The molecule has 27 heteroatoms. The van der Waals surface area contributed by atoms with Crippen LogP contribution in [-0.2, 0) is 71.5 Å². The van der Waals surface area contributed by atoms with E-state index in [1.165, 1.54) is 16.7 Å². The number of carbonyl (C=O) groups is 7. The molecule has 0 radical (unpaired) electrons. The standard InChI is InChI=1S/C57H91BN8O18/c1-39(2)53(57(74)66-19-7-9-49(66)58(75)76)64-55(72)48-8-6-18-65(48)56(73)42(5)61-54(71)47(38-67)63-52(70)16-20-77-22-24-79-26-28-81-30-32-83-34-35-84-33-31-82-29-27-80-25-23-78-21-17-60-50(68)14-15-51(69)62-46-13-11-44(37-41(46)4)43-10-12-45(59)40(3)36-43/h10-13,36-37,39,42,47-49,53,67,75-76H,6-9,14-35,38,59H2,1-5H3,(H,60,68)(H,61,71)(H,62,69)(H,63,70)(H,64,72)/t42-,47+,48+,49+,53+/m1/s1. The highest BCUT2D eigenvalue weighted by molar-refractivity contribution is 6.43. The molecule has 2 aromatic carbocycles. The molecule has 7 amide bonds. The minimum Gasteiger partial charge on any atom is -0.426 e. The van der Waals surface area contributed by atoms with Crippen molar-refractivity contribution in [2.75, 3.05) is 143 Å². The zero-order valence-corrected chi connectivity index (χ0v) is 49.5. The van der Waals surface area contributed by atoms with Crippen molar-refractivity contribution >= 4 is 59.8 Å². The van der Waals surface area contributed by atoms with E-state index in [4.69, 9.17) is 43.6 Å². The Hall–Kier alpha value is -5.85. The zero-order chi connectivity index (χ0) is 61.2. The average molecular weight is 1190 g/mol. The fourth-order valence-corrected chi connectivity index (χ4v) is 9.14. The number of nitrogen functional groups attached to an aromatic ring is 1. The summed E-state index contributed by atoms with van der Waals surface area (Å²) in [5.41, 5.74) is 11.4. The highest BCUT2D eigenvalue weighted by atomic mass is 16.6. The van der Waals surface area contributed by atoms with E-state index in [-0.39, 0.29) is 63.4 Å². The number of nitrogens with two attached hydrogens (primary N) is 1. The van der Waals surface area contributed by atoms with Crippen LogP contribution in [0.15, 0.2) is 36.4 Å². The number of hydrogen-bond donors (Lipinski definition) is 9. The summed E-state index contributed by atoms with van der Waals surface area (Å²) in [5.74, 6) is -4.45. The second-order valence-electron chi connectivity index (χ2n) is 20.8. The van der Waals surface area contributed by atoms with Crippen molar-refractivity contribution in [3.8, 4) is 11.1 Å². The van der Waals surface area contributed by atoms with E-state index in [1.54, 1.807) is 13.8 Å². The Kier molecular flexibility index (Phi) is 33.4. The number of benzene rings is 2. The fraction of sp³-hybridized carbons (Fsp3) is 0.667. The maximum absolute atomic E-state index is 13.5. The topological polar surface area (TPSA) is 347 Å². The lowest BCUT2D eigenvalue weighted by Gasteiger charge is -2.33. The van der Waals surface area contributed by atoms with Gasteiger partial charge >= 0.3 is 7.12 Å². The van der Waals surface area contributed by atoms with Gasteiger partial charge in [-0.1, -0.05) is 26.0 Å². The molecule has 2 aliphatic heterocycles. The summed E-state index contributed by atoms with van der Waals surface area (Å²) in [4.78, 5) is 93.4. The molecule has 470 valence electrons. The predicted molar refractivity (Wildman–Crippen MR) is 311 cm³/mol. The molecule has 2 saturated heterocycles. The van der Waals surface area contributed by atoms with Crippen molar-refractivity contribution in [2.24, 2.45) is 5.92 Å². The number of anilines is 2. The van der Waals surface area contributed by atoms with Gasteiger partial charge < -0.3 is 95.2 Å². The molecular formula is C57H91BN8O18. The minimum absolute atomic E-state index is 0.0237.